The first kappa shape index (κ1) is 11.8. The third kappa shape index (κ3) is 2.87. The molecular formula is C10H13BrClNO. The van der Waals surface area contributed by atoms with E-state index in [0.29, 0.717) is 11.6 Å². The van der Waals surface area contributed by atoms with Gasteiger partial charge in [-0.25, -0.2) is 0 Å². The highest BCUT2D eigenvalue weighted by atomic mass is 79.9. The van der Waals surface area contributed by atoms with E-state index in [1.54, 1.807) is 7.11 Å². The molecule has 0 aliphatic heterocycles. The zero-order chi connectivity index (χ0) is 10.6. The zero-order valence-corrected chi connectivity index (χ0v) is 10.4. The molecule has 0 unspecified atom stereocenters. The second-order valence-electron chi connectivity index (χ2n) is 2.97. The van der Waals surface area contributed by atoms with E-state index in [1.807, 2.05) is 12.1 Å². The van der Waals surface area contributed by atoms with Crippen LogP contribution < -0.4 is 10.5 Å². The highest BCUT2D eigenvalue weighted by Gasteiger charge is 2.06. The van der Waals surface area contributed by atoms with Crippen molar-refractivity contribution in [1.82, 2.24) is 0 Å². The molecule has 1 aromatic carbocycles. The Morgan fingerprint density at radius 1 is 1.50 bits per heavy atom. The quantitative estimate of drug-likeness (QED) is 0.919. The third-order valence-electron chi connectivity index (χ3n) is 1.97. The molecule has 0 amide bonds. The molecule has 1 aromatic rings. The summed E-state index contributed by atoms with van der Waals surface area (Å²) in [6.45, 7) is 0.677. The summed E-state index contributed by atoms with van der Waals surface area (Å²) in [6, 6.07) is 3.80. The monoisotopic (exact) mass is 277 g/mol. The van der Waals surface area contributed by atoms with Crippen LogP contribution in [-0.4, -0.2) is 13.7 Å². The molecule has 14 heavy (non-hydrogen) atoms. The van der Waals surface area contributed by atoms with Gasteiger partial charge in [-0.2, -0.15) is 0 Å². The predicted octanol–water partition coefficient (Wildman–Crippen LogP) is 3.00. The van der Waals surface area contributed by atoms with E-state index in [0.717, 1.165) is 28.6 Å². The average Bonchev–Trinajstić information content (AvgIpc) is 2.19. The summed E-state index contributed by atoms with van der Waals surface area (Å²) in [5, 5.41) is 0.706. The Bertz CT molecular complexity index is 317. The molecule has 0 spiro atoms. The molecule has 0 aliphatic carbocycles. The average molecular weight is 279 g/mol. The highest BCUT2D eigenvalue weighted by molar-refractivity contribution is 9.10. The first-order valence-corrected chi connectivity index (χ1v) is 5.58. The summed E-state index contributed by atoms with van der Waals surface area (Å²) in [5.41, 5.74) is 6.56. The molecule has 0 saturated heterocycles. The number of nitrogens with two attached hydrogens (primary N) is 1. The molecule has 0 bridgehead atoms. The van der Waals surface area contributed by atoms with Gasteiger partial charge in [0.05, 0.1) is 12.1 Å². The molecule has 0 radical (unpaired) electrons. The van der Waals surface area contributed by atoms with Gasteiger partial charge in [0.1, 0.15) is 5.75 Å². The van der Waals surface area contributed by atoms with Gasteiger partial charge in [-0.15, -0.1) is 0 Å². The normalized spacial score (nSPS) is 10.3. The summed E-state index contributed by atoms with van der Waals surface area (Å²) in [5.74, 6) is 0.856. The van der Waals surface area contributed by atoms with E-state index < -0.39 is 0 Å². The summed E-state index contributed by atoms with van der Waals surface area (Å²) >= 11 is 9.34. The third-order valence-corrected chi connectivity index (χ3v) is 3.17. The van der Waals surface area contributed by atoms with Crippen LogP contribution in [0.1, 0.15) is 12.0 Å². The molecule has 4 heteroatoms. The molecule has 0 heterocycles. The van der Waals surface area contributed by atoms with Crippen molar-refractivity contribution < 1.29 is 4.74 Å². The molecule has 0 aliphatic rings. The summed E-state index contributed by atoms with van der Waals surface area (Å²) in [4.78, 5) is 0. The lowest BCUT2D eigenvalue weighted by Gasteiger charge is -2.09. The number of hydrogen-bond acceptors (Lipinski definition) is 2. The topological polar surface area (TPSA) is 35.2 Å². The summed E-state index contributed by atoms with van der Waals surface area (Å²) in [6.07, 6.45) is 1.83. The van der Waals surface area contributed by atoms with Gasteiger partial charge in [0.2, 0.25) is 0 Å². The van der Waals surface area contributed by atoms with Crippen molar-refractivity contribution in [2.24, 2.45) is 5.73 Å². The second kappa shape index (κ2) is 5.59. The molecule has 2 nitrogen and oxygen atoms in total. The second-order valence-corrected chi connectivity index (χ2v) is 4.23. The highest BCUT2D eigenvalue weighted by Crippen LogP contribution is 2.31. The predicted molar refractivity (Wildman–Crippen MR) is 63.1 cm³/mol. The van der Waals surface area contributed by atoms with Crippen LogP contribution in [0.2, 0.25) is 5.02 Å². The van der Waals surface area contributed by atoms with E-state index in [2.05, 4.69) is 15.9 Å². The molecule has 2 N–H and O–H groups in total. The van der Waals surface area contributed by atoms with E-state index in [4.69, 9.17) is 22.1 Å². The van der Waals surface area contributed by atoms with Crippen molar-refractivity contribution in [1.29, 1.82) is 0 Å². The molecule has 0 saturated carbocycles. The number of hydrogen-bond donors (Lipinski definition) is 1. The number of methoxy groups -OCH3 is 1. The Morgan fingerprint density at radius 3 is 2.79 bits per heavy atom. The first-order chi connectivity index (χ1) is 6.69. The summed E-state index contributed by atoms with van der Waals surface area (Å²) < 4.78 is 6.10. The van der Waals surface area contributed by atoms with Crippen molar-refractivity contribution >= 4 is 27.5 Å². The minimum Gasteiger partial charge on any atom is -0.496 e. The van der Waals surface area contributed by atoms with Crippen LogP contribution in [0.25, 0.3) is 0 Å². The first-order valence-electron chi connectivity index (χ1n) is 4.41. The van der Waals surface area contributed by atoms with Crippen LogP contribution in [0, 0.1) is 0 Å². The Labute approximate surface area is 97.5 Å². The maximum atomic E-state index is 5.99. The smallest absolute Gasteiger partial charge is 0.123 e. The van der Waals surface area contributed by atoms with Gasteiger partial charge in [-0.3, -0.25) is 0 Å². The Hall–Kier alpha value is -0.250. The van der Waals surface area contributed by atoms with Crippen molar-refractivity contribution in [2.45, 2.75) is 12.8 Å². The van der Waals surface area contributed by atoms with Crippen LogP contribution in [0.4, 0.5) is 0 Å². The maximum absolute atomic E-state index is 5.99. The number of ether oxygens (including phenoxy) is 1. The van der Waals surface area contributed by atoms with Crippen molar-refractivity contribution in [3.05, 3.63) is 27.2 Å². The Balaban J connectivity index is 2.95. The minimum atomic E-state index is 0.677. The van der Waals surface area contributed by atoms with Gasteiger partial charge < -0.3 is 10.5 Å². The van der Waals surface area contributed by atoms with E-state index >= 15 is 0 Å². The van der Waals surface area contributed by atoms with Crippen molar-refractivity contribution in [2.75, 3.05) is 13.7 Å². The standard InChI is InChI=1S/C10H13BrClNO/c1-14-10-6-8(11)9(12)5-7(10)3-2-4-13/h5-6H,2-4,13H2,1H3. The Kier molecular flexibility index (Phi) is 4.72. The number of rotatable bonds is 4. The SMILES string of the molecule is COc1cc(Br)c(Cl)cc1CCCN. The number of benzene rings is 1. The summed E-state index contributed by atoms with van der Waals surface area (Å²) in [7, 11) is 1.65. The van der Waals surface area contributed by atoms with Gasteiger partial charge in [-0.05, 0) is 53.0 Å². The van der Waals surface area contributed by atoms with Crippen LogP contribution in [0.5, 0.6) is 5.75 Å². The van der Waals surface area contributed by atoms with Gasteiger partial charge in [0, 0.05) is 4.47 Å². The minimum absolute atomic E-state index is 0.677. The molecule has 0 atom stereocenters. The van der Waals surface area contributed by atoms with E-state index in [-0.39, 0.29) is 0 Å². The lowest BCUT2D eigenvalue weighted by molar-refractivity contribution is 0.409. The van der Waals surface area contributed by atoms with Crippen LogP contribution in [-0.2, 0) is 6.42 Å². The van der Waals surface area contributed by atoms with Crippen molar-refractivity contribution in [3.63, 3.8) is 0 Å². The molecule has 0 fully saturated rings. The molecule has 0 aromatic heterocycles. The fourth-order valence-corrected chi connectivity index (χ4v) is 1.76. The van der Waals surface area contributed by atoms with Crippen LogP contribution in [0.3, 0.4) is 0 Å². The van der Waals surface area contributed by atoms with Gasteiger partial charge in [-0.1, -0.05) is 11.6 Å². The fraction of sp³-hybridized carbons (Fsp3) is 0.400. The van der Waals surface area contributed by atoms with Gasteiger partial charge >= 0.3 is 0 Å². The molecular weight excluding hydrogens is 265 g/mol. The van der Waals surface area contributed by atoms with Gasteiger partial charge in [0.25, 0.3) is 0 Å². The van der Waals surface area contributed by atoms with Gasteiger partial charge in [0.15, 0.2) is 0 Å². The number of halogens is 2. The van der Waals surface area contributed by atoms with E-state index in [9.17, 15) is 0 Å². The van der Waals surface area contributed by atoms with E-state index in [1.165, 1.54) is 0 Å². The lowest BCUT2D eigenvalue weighted by atomic mass is 10.1. The van der Waals surface area contributed by atoms with Crippen LogP contribution >= 0.6 is 27.5 Å². The Morgan fingerprint density at radius 2 is 2.21 bits per heavy atom. The molecule has 1 rings (SSSR count). The van der Waals surface area contributed by atoms with Crippen LogP contribution in [0.15, 0.2) is 16.6 Å². The van der Waals surface area contributed by atoms with Crippen molar-refractivity contribution in [3.8, 4) is 5.75 Å². The zero-order valence-electron chi connectivity index (χ0n) is 8.02. The maximum Gasteiger partial charge on any atom is 0.123 e. The number of aryl methyl sites for hydroxylation is 1. The largest absolute Gasteiger partial charge is 0.496 e. The lowest BCUT2D eigenvalue weighted by Crippen LogP contribution is -2.01. The fourth-order valence-electron chi connectivity index (χ4n) is 1.25. The molecule has 78 valence electrons.